The van der Waals surface area contributed by atoms with Crippen molar-refractivity contribution in [2.24, 2.45) is 5.92 Å². The molecule has 0 radical (unpaired) electrons. The molecule has 6 heteroatoms. The third kappa shape index (κ3) is 4.95. The summed E-state index contributed by atoms with van der Waals surface area (Å²) in [6.07, 6.45) is 0. The van der Waals surface area contributed by atoms with Gasteiger partial charge in [-0.15, -0.1) is 10.2 Å². The molecule has 1 amide bonds. The average Bonchev–Trinajstić information content (AvgIpc) is 2.54. The lowest BCUT2D eigenvalue weighted by molar-refractivity contribution is 0.102. The fraction of sp³-hybridized carbons (Fsp3) is 0.353. The topological polar surface area (TPSA) is 70.2 Å². The van der Waals surface area contributed by atoms with E-state index >= 15 is 0 Å². The monoisotopic (exact) mass is 313 g/mol. The van der Waals surface area contributed by atoms with Gasteiger partial charge < -0.3 is 15.5 Å². The number of benzene rings is 1. The molecule has 2 N–H and O–H groups in total. The average molecular weight is 313 g/mol. The van der Waals surface area contributed by atoms with Crippen LogP contribution in [0.5, 0.6) is 0 Å². The van der Waals surface area contributed by atoms with Crippen LogP contribution in [-0.2, 0) is 0 Å². The van der Waals surface area contributed by atoms with Crippen molar-refractivity contribution in [3.63, 3.8) is 0 Å². The first-order valence-electron chi connectivity index (χ1n) is 7.62. The largest absolute Gasteiger partial charge is 0.378 e. The Morgan fingerprint density at radius 3 is 2.30 bits per heavy atom. The van der Waals surface area contributed by atoms with Gasteiger partial charge in [-0.2, -0.15) is 0 Å². The van der Waals surface area contributed by atoms with Crippen molar-refractivity contribution in [1.29, 1.82) is 0 Å². The molecule has 0 spiro atoms. The molecule has 1 heterocycles. The van der Waals surface area contributed by atoms with E-state index in [9.17, 15) is 4.79 Å². The molecule has 0 aliphatic carbocycles. The first kappa shape index (κ1) is 16.7. The first-order valence-corrected chi connectivity index (χ1v) is 7.62. The van der Waals surface area contributed by atoms with E-state index in [0.717, 1.165) is 17.9 Å². The van der Waals surface area contributed by atoms with Gasteiger partial charge >= 0.3 is 0 Å². The van der Waals surface area contributed by atoms with Gasteiger partial charge in [0.25, 0.3) is 5.91 Å². The van der Waals surface area contributed by atoms with E-state index in [0.29, 0.717) is 11.7 Å². The number of hydrogen-bond acceptors (Lipinski definition) is 5. The molecule has 0 aliphatic rings. The Labute approximate surface area is 136 Å². The fourth-order valence-corrected chi connectivity index (χ4v) is 1.89. The quantitative estimate of drug-likeness (QED) is 0.858. The second-order valence-corrected chi connectivity index (χ2v) is 5.97. The zero-order valence-corrected chi connectivity index (χ0v) is 14.0. The molecule has 1 aromatic carbocycles. The van der Waals surface area contributed by atoms with Crippen molar-refractivity contribution in [3.05, 3.63) is 42.1 Å². The number of carbonyl (C=O) groups excluding carboxylic acids is 1. The van der Waals surface area contributed by atoms with Crippen molar-refractivity contribution in [3.8, 4) is 0 Å². The third-order valence-corrected chi connectivity index (χ3v) is 3.23. The van der Waals surface area contributed by atoms with Gasteiger partial charge in [0.15, 0.2) is 5.69 Å². The molecule has 0 saturated carbocycles. The summed E-state index contributed by atoms with van der Waals surface area (Å²) in [5.74, 6) is 0.918. The number of nitrogens with zero attached hydrogens (tertiary/aromatic N) is 3. The van der Waals surface area contributed by atoms with Gasteiger partial charge in [-0.3, -0.25) is 4.79 Å². The Hall–Kier alpha value is -2.63. The Morgan fingerprint density at radius 2 is 1.78 bits per heavy atom. The van der Waals surface area contributed by atoms with Crippen LogP contribution in [0.25, 0.3) is 0 Å². The summed E-state index contributed by atoms with van der Waals surface area (Å²) in [6, 6.07) is 11.0. The molecule has 0 atom stereocenters. The molecule has 0 bridgehead atoms. The van der Waals surface area contributed by atoms with Crippen molar-refractivity contribution in [2.75, 3.05) is 36.2 Å². The maximum Gasteiger partial charge on any atom is 0.276 e. The molecule has 2 rings (SSSR count). The highest BCUT2D eigenvalue weighted by molar-refractivity contribution is 6.02. The zero-order chi connectivity index (χ0) is 16.8. The van der Waals surface area contributed by atoms with Gasteiger partial charge in [0.1, 0.15) is 5.82 Å². The fourth-order valence-electron chi connectivity index (χ4n) is 1.89. The van der Waals surface area contributed by atoms with E-state index in [4.69, 9.17) is 0 Å². The summed E-state index contributed by atoms with van der Waals surface area (Å²) in [5.41, 5.74) is 2.09. The van der Waals surface area contributed by atoms with E-state index in [1.165, 1.54) is 0 Å². The lowest BCUT2D eigenvalue weighted by Gasteiger charge is -2.13. The van der Waals surface area contributed by atoms with Gasteiger partial charge in [-0.05, 0) is 42.3 Å². The van der Waals surface area contributed by atoms with Gasteiger partial charge in [0.05, 0.1) is 0 Å². The molecule has 23 heavy (non-hydrogen) atoms. The van der Waals surface area contributed by atoms with Gasteiger partial charge in [-0.1, -0.05) is 13.8 Å². The van der Waals surface area contributed by atoms with Crippen molar-refractivity contribution in [1.82, 2.24) is 10.2 Å². The SMILES string of the molecule is CC(C)CNc1ccc(C(=O)Nc2ccc(N(C)C)cc2)nn1. The zero-order valence-electron chi connectivity index (χ0n) is 14.0. The van der Waals surface area contributed by atoms with Crippen molar-refractivity contribution < 1.29 is 4.79 Å². The molecule has 6 nitrogen and oxygen atoms in total. The van der Waals surface area contributed by atoms with Crippen LogP contribution < -0.4 is 15.5 Å². The Morgan fingerprint density at radius 1 is 1.09 bits per heavy atom. The number of anilines is 3. The number of aromatic nitrogens is 2. The molecular formula is C17H23N5O. The predicted molar refractivity (Wildman–Crippen MR) is 94.1 cm³/mol. The van der Waals surface area contributed by atoms with Crippen LogP contribution in [0.3, 0.4) is 0 Å². The van der Waals surface area contributed by atoms with E-state index in [1.54, 1.807) is 12.1 Å². The highest BCUT2D eigenvalue weighted by Gasteiger charge is 2.09. The van der Waals surface area contributed by atoms with Gasteiger partial charge in [0.2, 0.25) is 0 Å². The summed E-state index contributed by atoms with van der Waals surface area (Å²) in [5, 5.41) is 14.0. The minimum atomic E-state index is -0.273. The number of nitrogens with one attached hydrogen (secondary N) is 2. The normalized spacial score (nSPS) is 10.5. The summed E-state index contributed by atoms with van der Waals surface area (Å²) in [6.45, 7) is 5.05. The third-order valence-electron chi connectivity index (χ3n) is 3.23. The molecule has 0 saturated heterocycles. The second-order valence-electron chi connectivity index (χ2n) is 5.97. The molecule has 122 valence electrons. The van der Waals surface area contributed by atoms with Crippen LogP contribution in [0.15, 0.2) is 36.4 Å². The maximum atomic E-state index is 12.2. The van der Waals surface area contributed by atoms with Crippen LogP contribution in [0.1, 0.15) is 24.3 Å². The minimum absolute atomic E-state index is 0.273. The van der Waals surface area contributed by atoms with Crippen LogP contribution in [0, 0.1) is 5.92 Å². The molecule has 2 aromatic rings. The van der Waals surface area contributed by atoms with Crippen LogP contribution in [0.4, 0.5) is 17.2 Å². The smallest absolute Gasteiger partial charge is 0.276 e. The Balaban J connectivity index is 1.97. The van der Waals surface area contributed by atoms with Crippen molar-refractivity contribution in [2.45, 2.75) is 13.8 Å². The Kier molecular flexibility index (Phi) is 5.51. The molecule has 0 unspecified atom stereocenters. The summed E-state index contributed by atoms with van der Waals surface area (Å²) >= 11 is 0. The van der Waals surface area contributed by atoms with Gasteiger partial charge in [-0.25, -0.2) is 0 Å². The number of amides is 1. The highest BCUT2D eigenvalue weighted by atomic mass is 16.1. The van der Waals surface area contributed by atoms with Crippen LogP contribution >= 0.6 is 0 Å². The van der Waals surface area contributed by atoms with Crippen molar-refractivity contribution >= 4 is 23.1 Å². The highest BCUT2D eigenvalue weighted by Crippen LogP contribution is 2.16. The molecule has 0 fully saturated rings. The van der Waals surface area contributed by atoms with E-state index in [2.05, 4.69) is 34.7 Å². The van der Waals surface area contributed by atoms with E-state index in [-0.39, 0.29) is 11.6 Å². The van der Waals surface area contributed by atoms with Crippen LogP contribution in [-0.4, -0.2) is 36.7 Å². The lowest BCUT2D eigenvalue weighted by Crippen LogP contribution is -2.16. The summed E-state index contributed by atoms with van der Waals surface area (Å²) in [4.78, 5) is 14.2. The lowest BCUT2D eigenvalue weighted by atomic mass is 10.2. The van der Waals surface area contributed by atoms with E-state index in [1.807, 2.05) is 43.3 Å². The van der Waals surface area contributed by atoms with Gasteiger partial charge in [0, 0.05) is 32.0 Å². The van der Waals surface area contributed by atoms with Crippen LogP contribution in [0.2, 0.25) is 0 Å². The number of carbonyl (C=O) groups is 1. The molecule has 0 aliphatic heterocycles. The number of rotatable bonds is 6. The minimum Gasteiger partial charge on any atom is -0.378 e. The maximum absolute atomic E-state index is 12.2. The Bertz CT molecular complexity index is 635. The molecular weight excluding hydrogens is 290 g/mol. The standard InChI is InChI=1S/C17H23N5O/c1-12(2)11-18-16-10-9-15(20-21-16)17(23)19-13-5-7-14(8-6-13)22(3)4/h5-10,12H,11H2,1-4H3,(H,18,21)(H,19,23). The molecule has 1 aromatic heterocycles. The number of hydrogen-bond donors (Lipinski definition) is 2. The predicted octanol–water partition coefficient (Wildman–Crippen LogP) is 2.86. The van der Waals surface area contributed by atoms with E-state index < -0.39 is 0 Å². The summed E-state index contributed by atoms with van der Waals surface area (Å²) < 4.78 is 0. The summed E-state index contributed by atoms with van der Waals surface area (Å²) in [7, 11) is 3.94. The first-order chi connectivity index (χ1) is 11.0. The second kappa shape index (κ2) is 7.58.